The van der Waals surface area contributed by atoms with E-state index in [9.17, 15) is 4.79 Å². The standard InChI is InChI=1S/C18H22N2O4S/c1-11-9-20(10-12(2)24-11)18-19-17(21)16(25-18)8-13-5-6-14(22-3)15(7-13)23-4/h5-8,11-12H,9-10H2,1-4H3/b16-8-. The predicted octanol–water partition coefficient (Wildman–Crippen LogP) is 2.78. The minimum Gasteiger partial charge on any atom is -0.493 e. The number of hydrogen-bond donors (Lipinski definition) is 0. The van der Waals surface area contributed by atoms with Crippen LogP contribution < -0.4 is 9.47 Å². The van der Waals surface area contributed by atoms with Gasteiger partial charge in [-0.05, 0) is 49.4 Å². The Morgan fingerprint density at radius 3 is 2.52 bits per heavy atom. The van der Waals surface area contributed by atoms with Gasteiger partial charge >= 0.3 is 0 Å². The number of hydrogen-bond acceptors (Lipinski definition) is 6. The Labute approximate surface area is 151 Å². The maximum Gasteiger partial charge on any atom is 0.286 e. The van der Waals surface area contributed by atoms with E-state index in [4.69, 9.17) is 14.2 Å². The Bertz CT molecular complexity index is 722. The lowest BCUT2D eigenvalue weighted by Crippen LogP contribution is -2.47. The highest BCUT2D eigenvalue weighted by atomic mass is 32.2. The van der Waals surface area contributed by atoms with Gasteiger partial charge in [-0.2, -0.15) is 4.99 Å². The van der Waals surface area contributed by atoms with E-state index in [0.717, 1.165) is 23.8 Å². The molecule has 2 aliphatic heterocycles. The summed E-state index contributed by atoms with van der Waals surface area (Å²) in [6, 6.07) is 5.55. The molecule has 0 aliphatic carbocycles. The number of nitrogens with zero attached hydrogens (tertiary/aromatic N) is 2. The van der Waals surface area contributed by atoms with E-state index in [1.807, 2.05) is 38.1 Å². The number of aliphatic imine (C=N–C) groups is 1. The van der Waals surface area contributed by atoms with Gasteiger partial charge in [0.15, 0.2) is 16.7 Å². The van der Waals surface area contributed by atoms with E-state index in [0.29, 0.717) is 16.4 Å². The van der Waals surface area contributed by atoms with Gasteiger partial charge in [-0.1, -0.05) is 6.07 Å². The molecule has 6 nitrogen and oxygen atoms in total. The minimum absolute atomic E-state index is 0.126. The summed E-state index contributed by atoms with van der Waals surface area (Å²) in [5.41, 5.74) is 0.869. The molecule has 0 saturated carbocycles. The first-order valence-electron chi connectivity index (χ1n) is 8.15. The van der Waals surface area contributed by atoms with Crippen molar-refractivity contribution in [1.29, 1.82) is 0 Å². The number of rotatable bonds is 3. The quantitative estimate of drug-likeness (QED) is 0.771. The molecule has 1 aromatic rings. The van der Waals surface area contributed by atoms with Gasteiger partial charge in [0.2, 0.25) is 0 Å². The summed E-state index contributed by atoms with van der Waals surface area (Å²) in [6.07, 6.45) is 2.08. The van der Waals surface area contributed by atoms with Crippen LogP contribution in [-0.2, 0) is 9.53 Å². The number of methoxy groups -OCH3 is 2. The Morgan fingerprint density at radius 1 is 1.20 bits per heavy atom. The van der Waals surface area contributed by atoms with Crippen LogP contribution in [0, 0.1) is 0 Å². The van der Waals surface area contributed by atoms with Gasteiger partial charge < -0.3 is 19.1 Å². The fourth-order valence-corrected chi connectivity index (χ4v) is 3.89. The van der Waals surface area contributed by atoms with Crippen LogP contribution in [0.1, 0.15) is 19.4 Å². The van der Waals surface area contributed by atoms with Gasteiger partial charge in [0, 0.05) is 13.1 Å². The molecule has 0 spiro atoms. The SMILES string of the molecule is COc1ccc(/C=C2\SC(N3CC(C)OC(C)C3)=NC2=O)cc1OC. The van der Waals surface area contributed by atoms with E-state index < -0.39 is 0 Å². The number of amides is 1. The zero-order valence-corrected chi connectivity index (χ0v) is 15.6. The highest BCUT2D eigenvalue weighted by Gasteiger charge is 2.31. The molecule has 3 rings (SSSR count). The highest BCUT2D eigenvalue weighted by molar-refractivity contribution is 8.18. The topological polar surface area (TPSA) is 60.4 Å². The first-order chi connectivity index (χ1) is 12.0. The molecule has 0 radical (unpaired) electrons. The molecule has 2 atom stereocenters. The smallest absolute Gasteiger partial charge is 0.286 e. The van der Waals surface area contributed by atoms with Crippen LogP contribution in [0.5, 0.6) is 11.5 Å². The summed E-state index contributed by atoms with van der Waals surface area (Å²) in [5.74, 6) is 1.08. The second kappa shape index (κ2) is 7.49. The number of carbonyl (C=O) groups excluding carboxylic acids is 1. The molecular formula is C18H22N2O4S. The van der Waals surface area contributed by atoms with E-state index >= 15 is 0 Å². The average molecular weight is 362 g/mol. The first-order valence-corrected chi connectivity index (χ1v) is 8.96. The van der Waals surface area contributed by atoms with Gasteiger partial charge in [0.05, 0.1) is 31.3 Å². The molecule has 2 heterocycles. The molecule has 2 aliphatic rings. The van der Waals surface area contributed by atoms with Crippen molar-refractivity contribution in [3.05, 3.63) is 28.7 Å². The normalized spacial score (nSPS) is 25.3. The second-order valence-electron chi connectivity index (χ2n) is 6.09. The zero-order valence-electron chi connectivity index (χ0n) is 14.8. The van der Waals surface area contributed by atoms with Gasteiger partial charge in [-0.15, -0.1) is 0 Å². The summed E-state index contributed by atoms with van der Waals surface area (Å²) in [7, 11) is 3.18. The van der Waals surface area contributed by atoms with Crippen molar-refractivity contribution in [3.63, 3.8) is 0 Å². The fraction of sp³-hybridized carbons (Fsp3) is 0.444. The van der Waals surface area contributed by atoms with Gasteiger partial charge in [-0.25, -0.2) is 0 Å². The van der Waals surface area contributed by atoms with Crippen molar-refractivity contribution < 1.29 is 19.0 Å². The zero-order chi connectivity index (χ0) is 18.0. The van der Waals surface area contributed by atoms with Crippen molar-refractivity contribution in [2.45, 2.75) is 26.1 Å². The summed E-state index contributed by atoms with van der Waals surface area (Å²) in [5, 5.41) is 0.749. The average Bonchev–Trinajstić information content (AvgIpc) is 2.94. The molecule has 25 heavy (non-hydrogen) atoms. The minimum atomic E-state index is -0.207. The summed E-state index contributed by atoms with van der Waals surface area (Å²) in [4.78, 5) is 19.2. The molecule has 1 amide bonds. The number of amidine groups is 1. The van der Waals surface area contributed by atoms with E-state index in [1.165, 1.54) is 11.8 Å². The Morgan fingerprint density at radius 2 is 1.88 bits per heavy atom. The predicted molar refractivity (Wildman–Crippen MR) is 99.1 cm³/mol. The maximum atomic E-state index is 12.3. The van der Waals surface area contributed by atoms with Crippen molar-refractivity contribution in [1.82, 2.24) is 4.90 Å². The molecule has 1 saturated heterocycles. The lowest BCUT2D eigenvalue weighted by molar-refractivity contribution is -0.113. The molecule has 0 N–H and O–H groups in total. The van der Waals surface area contributed by atoms with Crippen LogP contribution >= 0.6 is 11.8 Å². The fourth-order valence-electron chi connectivity index (χ4n) is 2.96. The number of morpholine rings is 1. The maximum absolute atomic E-state index is 12.3. The third-order valence-electron chi connectivity index (χ3n) is 4.00. The number of thioether (sulfide) groups is 1. The van der Waals surface area contributed by atoms with Gasteiger partial charge in [0.1, 0.15) is 0 Å². The first kappa shape index (κ1) is 17.8. The number of carbonyl (C=O) groups is 1. The van der Waals surface area contributed by atoms with Crippen LogP contribution in [0.15, 0.2) is 28.1 Å². The summed E-state index contributed by atoms with van der Waals surface area (Å²) < 4.78 is 16.3. The number of benzene rings is 1. The van der Waals surface area contributed by atoms with Crippen molar-refractivity contribution >= 4 is 28.9 Å². The van der Waals surface area contributed by atoms with Gasteiger partial charge in [0.25, 0.3) is 5.91 Å². The Hall–Kier alpha value is -1.99. The summed E-state index contributed by atoms with van der Waals surface area (Å²) in [6.45, 7) is 5.55. The van der Waals surface area contributed by atoms with Crippen molar-refractivity contribution in [2.75, 3.05) is 27.3 Å². The Balaban J connectivity index is 1.77. The van der Waals surface area contributed by atoms with Crippen LogP contribution in [-0.4, -0.2) is 55.5 Å². The molecule has 0 bridgehead atoms. The van der Waals surface area contributed by atoms with Crippen LogP contribution in [0.25, 0.3) is 6.08 Å². The molecule has 1 aromatic carbocycles. The molecule has 0 aromatic heterocycles. The lowest BCUT2D eigenvalue weighted by Gasteiger charge is -2.35. The molecule has 2 unspecified atom stereocenters. The number of ether oxygens (including phenoxy) is 3. The van der Waals surface area contributed by atoms with Crippen LogP contribution in [0.4, 0.5) is 0 Å². The van der Waals surface area contributed by atoms with E-state index in [1.54, 1.807) is 14.2 Å². The van der Waals surface area contributed by atoms with Crippen LogP contribution in [0.3, 0.4) is 0 Å². The molecule has 1 fully saturated rings. The molecular weight excluding hydrogens is 340 g/mol. The highest BCUT2D eigenvalue weighted by Crippen LogP contribution is 2.33. The monoisotopic (exact) mass is 362 g/mol. The third kappa shape index (κ3) is 3.99. The Kier molecular flexibility index (Phi) is 5.34. The summed E-state index contributed by atoms with van der Waals surface area (Å²) >= 11 is 1.41. The lowest BCUT2D eigenvalue weighted by atomic mass is 10.2. The largest absolute Gasteiger partial charge is 0.493 e. The van der Waals surface area contributed by atoms with E-state index in [-0.39, 0.29) is 18.1 Å². The van der Waals surface area contributed by atoms with Gasteiger partial charge in [-0.3, -0.25) is 4.79 Å². The van der Waals surface area contributed by atoms with E-state index in [2.05, 4.69) is 9.89 Å². The third-order valence-corrected chi connectivity index (χ3v) is 5.05. The van der Waals surface area contributed by atoms with Crippen LogP contribution in [0.2, 0.25) is 0 Å². The molecule has 134 valence electrons. The van der Waals surface area contributed by atoms with Crippen molar-refractivity contribution in [2.24, 2.45) is 4.99 Å². The second-order valence-corrected chi connectivity index (χ2v) is 7.10. The van der Waals surface area contributed by atoms with Crippen molar-refractivity contribution in [3.8, 4) is 11.5 Å². The molecule has 7 heteroatoms.